The Hall–Kier alpha value is -2.44. The number of fused-ring (bicyclic) bond motifs is 3. The molecule has 4 heterocycles. The zero-order valence-corrected chi connectivity index (χ0v) is 16.6. The molecule has 0 radical (unpaired) electrons. The van der Waals surface area contributed by atoms with Crippen LogP contribution in [-0.4, -0.2) is 44.4 Å². The van der Waals surface area contributed by atoms with Crippen LogP contribution in [0.25, 0.3) is 10.9 Å². The zero-order valence-electron chi connectivity index (χ0n) is 16.6. The van der Waals surface area contributed by atoms with Gasteiger partial charge in [0.05, 0.1) is 31.0 Å². The van der Waals surface area contributed by atoms with Crippen LogP contribution in [0.2, 0.25) is 0 Å². The molecule has 29 heavy (non-hydrogen) atoms. The van der Waals surface area contributed by atoms with Gasteiger partial charge in [-0.25, -0.2) is 4.39 Å². The van der Waals surface area contributed by atoms with E-state index < -0.39 is 5.60 Å². The van der Waals surface area contributed by atoms with Crippen molar-refractivity contribution in [1.29, 1.82) is 0 Å². The number of ether oxygens (including phenoxy) is 1. The summed E-state index contributed by atoms with van der Waals surface area (Å²) in [6.45, 7) is 1.13. The van der Waals surface area contributed by atoms with E-state index in [1.54, 1.807) is 12.3 Å². The van der Waals surface area contributed by atoms with E-state index in [2.05, 4.69) is 20.5 Å². The molecule has 152 valence electrons. The van der Waals surface area contributed by atoms with Crippen LogP contribution in [0.15, 0.2) is 48.9 Å². The van der Waals surface area contributed by atoms with E-state index in [1.165, 1.54) is 7.11 Å². The topological polar surface area (TPSA) is 50.5 Å². The minimum atomic E-state index is -0.753. The molecule has 2 aliphatic rings. The SMILES string of the molecule is COc1cccc(CN2[C@@H]3CC[C@H]2CC(O)(Cn2ccc4ccncc42)C3)c1F. The molecule has 2 aliphatic heterocycles. The monoisotopic (exact) mass is 395 g/mol. The Bertz CT molecular complexity index is 1020. The number of aromatic nitrogens is 2. The smallest absolute Gasteiger partial charge is 0.169 e. The number of methoxy groups -OCH3 is 1. The molecule has 1 N–H and O–H groups in total. The Morgan fingerprint density at radius 2 is 2.00 bits per heavy atom. The number of piperidine rings is 1. The highest BCUT2D eigenvalue weighted by molar-refractivity contribution is 5.78. The van der Waals surface area contributed by atoms with Crippen LogP contribution in [0, 0.1) is 5.82 Å². The lowest BCUT2D eigenvalue weighted by Crippen LogP contribution is -2.52. The van der Waals surface area contributed by atoms with E-state index in [0.717, 1.165) is 23.7 Å². The fourth-order valence-corrected chi connectivity index (χ4v) is 5.32. The van der Waals surface area contributed by atoms with Gasteiger partial charge in [0.1, 0.15) is 0 Å². The van der Waals surface area contributed by atoms with Gasteiger partial charge in [-0.1, -0.05) is 12.1 Å². The number of hydrogen-bond donors (Lipinski definition) is 1. The maximum absolute atomic E-state index is 14.6. The summed E-state index contributed by atoms with van der Waals surface area (Å²) >= 11 is 0. The molecular weight excluding hydrogens is 369 g/mol. The predicted octanol–water partition coefficient (Wildman–Crippen LogP) is 3.74. The molecule has 0 amide bonds. The Kier molecular flexibility index (Phi) is 4.56. The lowest BCUT2D eigenvalue weighted by atomic mass is 9.85. The molecule has 2 aromatic heterocycles. The van der Waals surface area contributed by atoms with Crippen molar-refractivity contribution in [3.63, 3.8) is 0 Å². The van der Waals surface area contributed by atoms with Gasteiger partial charge in [-0.3, -0.25) is 9.88 Å². The van der Waals surface area contributed by atoms with Gasteiger partial charge in [0.15, 0.2) is 11.6 Å². The summed E-state index contributed by atoms with van der Waals surface area (Å²) < 4.78 is 21.9. The maximum Gasteiger partial charge on any atom is 0.169 e. The fraction of sp³-hybridized carbons (Fsp3) is 0.435. The molecule has 2 saturated heterocycles. The summed E-state index contributed by atoms with van der Waals surface area (Å²) in [7, 11) is 1.49. The van der Waals surface area contributed by atoms with Gasteiger partial charge >= 0.3 is 0 Å². The highest BCUT2D eigenvalue weighted by Gasteiger charge is 2.47. The van der Waals surface area contributed by atoms with E-state index in [4.69, 9.17) is 4.74 Å². The van der Waals surface area contributed by atoms with Crippen LogP contribution in [0.4, 0.5) is 4.39 Å². The van der Waals surface area contributed by atoms with E-state index in [1.807, 2.05) is 30.6 Å². The molecule has 3 atom stereocenters. The zero-order chi connectivity index (χ0) is 20.0. The quantitative estimate of drug-likeness (QED) is 0.715. The van der Waals surface area contributed by atoms with Crippen molar-refractivity contribution in [3.05, 3.63) is 60.3 Å². The van der Waals surface area contributed by atoms with Crippen LogP contribution in [0.3, 0.4) is 0 Å². The van der Waals surface area contributed by atoms with Crippen LogP contribution in [0.1, 0.15) is 31.2 Å². The molecule has 3 aromatic rings. The van der Waals surface area contributed by atoms with Crippen molar-refractivity contribution < 1.29 is 14.2 Å². The number of pyridine rings is 1. The standard InChI is InChI=1S/C23H26FN3O2/c1-29-21-4-2-3-17(22(21)24)14-27-18-5-6-19(27)12-23(28,11-18)15-26-10-8-16-7-9-25-13-20(16)26/h2-4,7-10,13,18-19,28H,5-6,11-12,14-15H2,1H3/t18-,19+,23?. The molecule has 1 unspecified atom stereocenters. The minimum absolute atomic E-state index is 0.268. The average Bonchev–Trinajstić information content (AvgIpc) is 3.22. The normalized spacial score (nSPS) is 26.9. The Labute approximate surface area is 169 Å². The predicted molar refractivity (Wildman–Crippen MR) is 109 cm³/mol. The summed E-state index contributed by atoms with van der Waals surface area (Å²) in [5.41, 5.74) is 0.958. The minimum Gasteiger partial charge on any atom is -0.494 e. The summed E-state index contributed by atoms with van der Waals surface area (Å²) in [6.07, 6.45) is 9.18. The third kappa shape index (κ3) is 3.30. The van der Waals surface area contributed by atoms with Crippen molar-refractivity contribution in [2.45, 2.75) is 56.5 Å². The Morgan fingerprint density at radius 1 is 1.21 bits per heavy atom. The van der Waals surface area contributed by atoms with Crippen molar-refractivity contribution in [2.24, 2.45) is 0 Å². The first-order valence-electron chi connectivity index (χ1n) is 10.2. The number of nitrogens with zero attached hydrogens (tertiary/aromatic N) is 3. The second kappa shape index (κ2) is 7.11. The summed E-state index contributed by atoms with van der Waals surface area (Å²) in [5.74, 6) is 0.0120. The highest BCUT2D eigenvalue weighted by atomic mass is 19.1. The van der Waals surface area contributed by atoms with Gasteiger partial charge in [-0.15, -0.1) is 0 Å². The first-order valence-corrected chi connectivity index (χ1v) is 10.2. The molecule has 2 fully saturated rings. The van der Waals surface area contributed by atoms with Gasteiger partial charge in [0.2, 0.25) is 0 Å². The molecule has 6 heteroatoms. The molecule has 1 aromatic carbocycles. The van der Waals surface area contributed by atoms with E-state index in [-0.39, 0.29) is 23.7 Å². The summed E-state index contributed by atoms with van der Waals surface area (Å²) in [5, 5.41) is 12.6. The first kappa shape index (κ1) is 18.6. The number of aliphatic hydroxyl groups is 1. The van der Waals surface area contributed by atoms with Crippen molar-refractivity contribution >= 4 is 10.9 Å². The van der Waals surface area contributed by atoms with Gasteiger partial charge in [0, 0.05) is 42.0 Å². The third-order valence-corrected chi connectivity index (χ3v) is 6.66. The molecule has 2 bridgehead atoms. The lowest BCUT2D eigenvalue weighted by Gasteiger charge is -2.44. The number of hydrogen-bond acceptors (Lipinski definition) is 4. The Morgan fingerprint density at radius 3 is 2.76 bits per heavy atom. The number of halogens is 1. The van der Waals surface area contributed by atoms with E-state index >= 15 is 0 Å². The van der Waals surface area contributed by atoms with Crippen LogP contribution < -0.4 is 4.74 Å². The summed E-state index contributed by atoms with van der Waals surface area (Å²) in [6, 6.07) is 9.91. The first-order chi connectivity index (χ1) is 14.1. The average molecular weight is 395 g/mol. The van der Waals surface area contributed by atoms with Crippen molar-refractivity contribution in [3.8, 4) is 5.75 Å². The van der Waals surface area contributed by atoms with Crippen LogP contribution in [0.5, 0.6) is 5.75 Å². The maximum atomic E-state index is 14.6. The molecule has 5 nitrogen and oxygen atoms in total. The summed E-state index contributed by atoms with van der Waals surface area (Å²) in [4.78, 5) is 6.61. The second-order valence-electron chi connectivity index (χ2n) is 8.50. The second-order valence-corrected chi connectivity index (χ2v) is 8.50. The molecular formula is C23H26FN3O2. The van der Waals surface area contributed by atoms with Gasteiger partial charge < -0.3 is 14.4 Å². The number of rotatable bonds is 5. The van der Waals surface area contributed by atoms with Crippen LogP contribution in [-0.2, 0) is 13.1 Å². The van der Waals surface area contributed by atoms with E-state index in [9.17, 15) is 9.50 Å². The third-order valence-electron chi connectivity index (χ3n) is 6.66. The molecule has 0 spiro atoms. The molecule has 0 saturated carbocycles. The fourth-order valence-electron chi connectivity index (χ4n) is 5.32. The lowest BCUT2D eigenvalue weighted by molar-refractivity contribution is -0.0646. The molecule has 5 rings (SSSR count). The van der Waals surface area contributed by atoms with Crippen LogP contribution >= 0.6 is 0 Å². The van der Waals surface area contributed by atoms with Gasteiger partial charge in [-0.05, 0) is 43.9 Å². The van der Waals surface area contributed by atoms with Crippen molar-refractivity contribution in [1.82, 2.24) is 14.5 Å². The van der Waals surface area contributed by atoms with Crippen molar-refractivity contribution in [2.75, 3.05) is 7.11 Å². The van der Waals surface area contributed by atoms with Gasteiger partial charge in [0.25, 0.3) is 0 Å². The van der Waals surface area contributed by atoms with E-state index in [0.29, 0.717) is 31.5 Å². The largest absolute Gasteiger partial charge is 0.494 e. The van der Waals surface area contributed by atoms with Gasteiger partial charge in [-0.2, -0.15) is 0 Å². The number of benzene rings is 1. The molecule has 0 aliphatic carbocycles. The Balaban J connectivity index is 1.34. The highest BCUT2D eigenvalue weighted by Crippen LogP contribution is 2.43.